The van der Waals surface area contributed by atoms with E-state index in [9.17, 15) is 8.42 Å². The van der Waals surface area contributed by atoms with Crippen molar-refractivity contribution in [3.05, 3.63) is 30.2 Å². The van der Waals surface area contributed by atoms with Gasteiger partial charge in [-0.15, -0.1) is 34.2 Å². The van der Waals surface area contributed by atoms with Crippen molar-refractivity contribution in [1.29, 1.82) is 0 Å². The Morgan fingerprint density at radius 3 is 2.64 bits per heavy atom. The van der Waals surface area contributed by atoms with Gasteiger partial charge < -0.3 is 10.6 Å². The monoisotopic (exact) mass is 480 g/mol. The van der Waals surface area contributed by atoms with Gasteiger partial charge in [-0.05, 0) is 32.9 Å². The molecule has 2 N–H and O–H groups in total. The first-order valence-corrected chi connectivity index (χ1v) is 9.64. The van der Waals surface area contributed by atoms with Crippen molar-refractivity contribution >= 4 is 45.4 Å². The maximum Gasteiger partial charge on any atom is 0.191 e. The number of rotatable bonds is 6. The van der Waals surface area contributed by atoms with Crippen LogP contribution in [0, 0.1) is 0 Å². The third-order valence-electron chi connectivity index (χ3n) is 3.79. The fourth-order valence-electron chi connectivity index (χ4n) is 1.92. The summed E-state index contributed by atoms with van der Waals surface area (Å²) < 4.78 is 24.6. The van der Waals surface area contributed by atoms with Gasteiger partial charge >= 0.3 is 0 Å². The van der Waals surface area contributed by atoms with Crippen molar-refractivity contribution < 1.29 is 8.42 Å². The number of hydrogen-bond acceptors (Lipinski definition) is 5. The number of pyridine rings is 1. The highest BCUT2D eigenvalue weighted by molar-refractivity contribution is 14.0. The summed E-state index contributed by atoms with van der Waals surface area (Å²) in [5, 5.41) is 14.4. The summed E-state index contributed by atoms with van der Waals surface area (Å²) in [6.07, 6.45) is 3.12. The standard InChI is InChI=1S/C15H24N6O2S.HI/c1-5-16-14(18-11-15(2,3)24(4,22)23)17-10-13-20-19-12-8-6-7-9-21(12)13;/h6-9H,5,10-11H2,1-4H3,(H2,16,17,18);1H. The normalized spacial score (nSPS) is 12.7. The number of sulfone groups is 1. The van der Waals surface area contributed by atoms with Gasteiger partial charge in [0.05, 0.1) is 4.75 Å². The molecule has 0 aliphatic heterocycles. The van der Waals surface area contributed by atoms with Gasteiger partial charge in [0.25, 0.3) is 0 Å². The summed E-state index contributed by atoms with van der Waals surface area (Å²) in [4.78, 5) is 4.47. The van der Waals surface area contributed by atoms with Crippen LogP contribution in [0.15, 0.2) is 29.4 Å². The lowest BCUT2D eigenvalue weighted by molar-refractivity contribution is 0.544. The van der Waals surface area contributed by atoms with Gasteiger partial charge in [0.15, 0.2) is 27.3 Å². The Kier molecular flexibility index (Phi) is 7.60. The number of fused-ring (bicyclic) bond motifs is 1. The van der Waals surface area contributed by atoms with Gasteiger partial charge in [-0.3, -0.25) is 4.40 Å². The molecule has 0 amide bonds. The maximum atomic E-state index is 11.8. The van der Waals surface area contributed by atoms with E-state index >= 15 is 0 Å². The maximum absolute atomic E-state index is 11.8. The van der Waals surface area contributed by atoms with Gasteiger partial charge in [0.1, 0.15) is 6.54 Å². The Labute approximate surface area is 165 Å². The molecule has 25 heavy (non-hydrogen) atoms. The van der Waals surface area contributed by atoms with E-state index in [-0.39, 0.29) is 30.5 Å². The van der Waals surface area contributed by atoms with Gasteiger partial charge in [0.2, 0.25) is 0 Å². The van der Waals surface area contributed by atoms with Crippen LogP contribution in [0.2, 0.25) is 0 Å². The van der Waals surface area contributed by atoms with Crippen molar-refractivity contribution in [3.8, 4) is 0 Å². The van der Waals surface area contributed by atoms with Crippen LogP contribution in [0.4, 0.5) is 0 Å². The molecule has 0 atom stereocenters. The smallest absolute Gasteiger partial charge is 0.191 e. The first-order valence-electron chi connectivity index (χ1n) is 7.75. The molecule has 2 aromatic rings. The van der Waals surface area contributed by atoms with E-state index in [2.05, 4.69) is 25.8 Å². The molecule has 0 aromatic carbocycles. The molecule has 0 saturated carbocycles. The fourth-order valence-corrected chi connectivity index (χ4v) is 2.25. The minimum absolute atomic E-state index is 0. The minimum Gasteiger partial charge on any atom is -0.357 e. The molecule has 10 heteroatoms. The Balaban J connectivity index is 0.00000312. The van der Waals surface area contributed by atoms with Gasteiger partial charge in [0, 0.05) is 25.5 Å². The Hall–Kier alpha value is -1.43. The van der Waals surface area contributed by atoms with Crippen LogP contribution >= 0.6 is 24.0 Å². The predicted molar refractivity (Wildman–Crippen MR) is 110 cm³/mol. The van der Waals surface area contributed by atoms with Crippen molar-refractivity contribution in [1.82, 2.24) is 25.2 Å². The summed E-state index contributed by atoms with van der Waals surface area (Å²) in [7, 11) is -3.17. The number of guanidine groups is 1. The minimum atomic E-state index is -3.17. The van der Waals surface area contributed by atoms with Crippen molar-refractivity contribution in [3.63, 3.8) is 0 Å². The fraction of sp³-hybridized carbons (Fsp3) is 0.533. The number of nitrogens with one attached hydrogen (secondary N) is 2. The summed E-state index contributed by atoms with van der Waals surface area (Å²) in [5.41, 5.74) is 0.763. The Morgan fingerprint density at radius 1 is 1.28 bits per heavy atom. The molecule has 140 valence electrons. The van der Waals surface area contributed by atoms with E-state index in [1.807, 2.05) is 35.7 Å². The van der Waals surface area contributed by atoms with Crippen LogP contribution in [-0.2, 0) is 16.4 Å². The number of halogens is 1. The number of hydrogen-bond donors (Lipinski definition) is 2. The van der Waals surface area contributed by atoms with E-state index in [1.165, 1.54) is 6.26 Å². The van der Waals surface area contributed by atoms with E-state index in [4.69, 9.17) is 0 Å². The van der Waals surface area contributed by atoms with Gasteiger partial charge in [-0.25, -0.2) is 13.4 Å². The molecule has 0 unspecified atom stereocenters. The molecule has 0 spiro atoms. The van der Waals surface area contributed by atoms with Crippen LogP contribution in [0.3, 0.4) is 0 Å². The molecular formula is C15H25IN6O2S. The SMILES string of the molecule is CCNC(=NCc1nnc2ccccn12)NCC(C)(C)S(C)(=O)=O.I. The Bertz CT molecular complexity index is 831. The molecule has 0 aliphatic rings. The van der Waals surface area contributed by atoms with Crippen LogP contribution in [0.25, 0.3) is 5.65 Å². The molecule has 0 bridgehead atoms. The lowest BCUT2D eigenvalue weighted by atomic mass is 10.2. The number of aromatic nitrogens is 3. The second kappa shape index (κ2) is 8.79. The van der Waals surface area contributed by atoms with Crippen LogP contribution in [0.5, 0.6) is 0 Å². The summed E-state index contributed by atoms with van der Waals surface area (Å²) in [5.74, 6) is 1.26. The van der Waals surface area contributed by atoms with Crippen LogP contribution < -0.4 is 10.6 Å². The predicted octanol–water partition coefficient (Wildman–Crippen LogP) is 1.23. The molecule has 0 aliphatic carbocycles. The molecular weight excluding hydrogens is 455 g/mol. The van der Waals surface area contributed by atoms with Gasteiger partial charge in [-0.1, -0.05) is 6.07 Å². The van der Waals surface area contributed by atoms with E-state index in [0.717, 1.165) is 5.65 Å². The van der Waals surface area contributed by atoms with Crippen molar-refractivity contribution in [2.24, 2.45) is 4.99 Å². The molecule has 0 radical (unpaired) electrons. The third-order valence-corrected chi connectivity index (χ3v) is 5.94. The highest BCUT2D eigenvalue weighted by Crippen LogP contribution is 2.13. The molecule has 0 saturated heterocycles. The van der Waals surface area contributed by atoms with Crippen LogP contribution in [0.1, 0.15) is 26.6 Å². The third kappa shape index (κ3) is 5.53. The average molecular weight is 480 g/mol. The largest absolute Gasteiger partial charge is 0.357 e. The van der Waals surface area contributed by atoms with Crippen molar-refractivity contribution in [2.75, 3.05) is 19.3 Å². The highest BCUT2D eigenvalue weighted by atomic mass is 127. The summed E-state index contributed by atoms with van der Waals surface area (Å²) in [6, 6.07) is 5.68. The first-order chi connectivity index (χ1) is 11.2. The molecule has 2 rings (SSSR count). The summed E-state index contributed by atoms with van der Waals surface area (Å²) in [6.45, 7) is 6.59. The van der Waals surface area contributed by atoms with Gasteiger partial charge in [-0.2, -0.15) is 0 Å². The van der Waals surface area contributed by atoms with Crippen molar-refractivity contribution in [2.45, 2.75) is 32.1 Å². The zero-order valence-electron chi connectivity index (χ0n) is 14.9. The Morgan fingerprint density at radius 2 is 2.00 bits per heavy atom. The lowest BCUT2D eigenvalue weighted by Gasteiger charge is -2.24. The number of nitrogens with zero attached hydrogens (tertiary/aromatic N) is 4. The van der Waals surface area contributed by atoms with E-state index in [0.29, 0.717) is 24.9 Å². The highest BCUT2D eigenvalue weighted by Gasteiger charge is 2.30. The molecule has 2 aromatic heterocycles. The quantitative estimate of drug-likeness (QED) is 0.367. The lowest BCUT2D eigenvalue weighted by Crippen LogP contribution is -2.47. The summed E-state index contributed by atoms with van der Waals surface area (Å²) >= 11 is 0. The zero-order valence-corrected chi connectivity index (χ0v) is 18.0. The zero-order chi connectivity index (χ0) is 17.8. The molecule has 0 fully saturated rings. The topological polar surface area (TPSA) is 101 Å². The molecule has 8 nitrogen and oxygen atoms in total. The first kappa shape index (κ1) is 21.6. The van der Waals surface area contributed by atoms with Crippen LogP contribution in [-0.4, -0.2) is 53.1 Å². The van der Waals surface area contributed by atoms with E-state index < -0.39 is 14.6 Å². The van der Waals surface area contributed by atoms with E-state index in [1.54, 1.807) is 13.8 Å². The molecule has 2 heterocycles. The second-order valence-electron chi connectivity index (χ2n) is 6.13. The second-order valence-corrected chi connectivity index (χ2v) is 8.78. The average Bonchev–Trinajstić information content (AvgIpc) is 2.92. The number of aliphatic imine (C=N–C) groups is 1.